The smallest absolute Gasteiger partial charge is 0.123 e. The van der Waals surface area contributed by atoms with Crippen LogP contribution in [0.5, 0.6) is 5.75 Å². The maximum Gasteiger partial charge on any atom is 0.123 e. The van der Waals surface area contributed by atoms with E-state index in [2.05, 4.69) is 5.32 Å². The normalized spacial score (nSPS) is 12.4. The van der Waals surface area contributed by atoms with E-state index in [1.54, 1.807) is 20.3 Å². The third kappa shape index (κ3) is 5.14. The van der Waals surface area contributed by atoms with Gasteiger partial charge in [-0.2, -0.15) is 0 Å². The Morgan fingerprint density at radius 1 is 1.21 bits per heavy atom. The van der Waals surface area contributed by atoms with E-state index >= 15 is 0 Å². The SMILES string of the molecule is CNC(CCOCCOC)c1cc(F)ccc1OC. The zero-order chi connectivity index (χ0) is 14.1. The molecule has 0 aromatic heterocycles. The van der Waals surface area contributed by atoms with Gasteiger partial charge in [0.25, 0.3) is 0 Å². The Morgan fingerprint density at radius 3 is 2.63 bits per heavy atom. The van der Waals surface area contributed by atoms with Crippen LogP contribution in [-0.2, 0) is 9.47 Å². The number of ether oxygens (including phenoxy) is 3. The van der Waals surface area contributed by atoms with Crippen molar-refractivity contribution < 1.29 is 18.6 Å². The Hall–Kier alpha value is -1.17. The average molecular weight is 271 g/mol. The van der Waals surface area contributed by atoms with Crippen molar-refractivity contribution in [2.45, 2.75) is 12.5 Å². The van der Waals surface area contributed by atoms with Crippen LogP contribution in [0.15, 0.2) is 18.2 Å². The van der Waals surface area contributed by atoms with Crippen molar-refractivity contribution in [2.24, 2.45) is 0 Å². The third-order valence-electron chi connectivity index (χ3n) is 2.90. The lowest BCUT2D eigenvalue weighted by Crippen LogP contribution is -2.19. The van der Waals surface area contributed by atoms with Crippen LogP contribution in [0.4, 0.5) is 4.39 Å². The van der Waals surface area contributed by atoms with Crippen LogP contribution in [-0.4, -0.2) is 41.1 Å². The largest absolute Gasteiger partial charge is 0.496 e. The molecule has 1 aromatic carbocycles. The van der Waals surface area contributed by atoms with Gasteiger partial charge in [0, 0.05) is 25.3 Å². The van der Waals surface area contributed by atoms with Crippen molar-refractivity contribution in [2.75, 3.05) is 41.1 Å². The molecule has 0 bridgehead atoms. The summed E-state index contributed by atoms with van der Waals surface area (Å²) in [5, 5.41) is 3.15. The molecule has 5 heteroatoms. The van der Waals surface area contributed by atoms with Crippen LogP contribution in [0.25, 0.3) is 0 Å². The molecule has 4 nitrogen and oxygen atoms in total. The molecular weight excluding hydrogens is 249 g/mol. The maximum atomic E-state index is 13.3. The standard InChI is InChI=1S/C14H22FNO3/c1-16-13(6-7-19-9-8-17-2)12-10-11(15)4-5-14(12)18-3/h4-5,10,13,16H,6-9H2,1-3H3. The molecule has 1 rings (SSSR count). The van der Waals surface area contributed by atoms with E-state index in [4.69, 9.17) is 14.2 Å². The number of rotatable bonds is 9. The minimum Gasteiger partial charge on any atom is -0.496 e. The summed E-state index contributed by atoms with van der Waals surface area (Å²) >= 11 is 0. The molecule has 0 aliphatic rings. The summed E-state index contributed by atoms with van der Waals surface area (Å²) in [6.45, 7) is 1.72. The Morgan fingerprint density at radius 2 is 2.00 bits per heavy atom. The fourth-order valence-electron chi connectivity index (χ4n) is 1.88. The van der Waals surface area contributed by atoms with E-state index in [0.29, 0.717) is 25.6 Å². The fourth-order valence-corrected chi connectivity index (χ4v) is 1.88. The zero-order valence-electron chi connectivity index (χ0n) is 11.7. The number of benzene rings is 1. The van der Waals surface area contributed by atoms with Gasteiger partial charge in [-0.3, -0.25) is 0 Å². The lowest BCUT2D eigenvalue weighted by atomic mass is 10.0. The summed E-state index contributed by atoms with van der Waals surface area (Å²) in [7, 11) is 5.06. The summed E-state index contributed by atoms with van der Waals surface area (Å²) < 4.78 is 28.9. The lowest BCUT2D eigenvalue weighted by molar-refractivity contribution is 0.0659. The summed E-state index contributed by atoms with van der Waals surface area (Å²) in [5.74, 6) is 0.411. The Balaban J connectivity index is 2.60. The van der Waals surface area contributed by atoms with E-state index < -0.39 is 0 Å². The number of methoxy groups -OCH3 is 2. The van der Waals surface area contributed by atoms with Crippen molar-refractivity contribution in [3.8, 4) is 5.75 Å². The minimum atomic E-state index is -0.267. The molecule has 0 aliphatic carbocycles. The van der Waals surface area contributed by atoms with Gasteiger partial charge in [-0.05, 0) is 31.7 Å². The minimum absolute atomic E-state index is 0.00630. The molecule has 0 heterocycles. The molecule has 1 N–H and O–H groups in total. The maximum absolute atomic E-state index is 13.3. The Labute approximate surface area is 113 Å². The molecule has 0 amide bonds. The van der Waals surface area contributed by atoms with E-state index in [-0.39, 0.29) is 11.9 Å². The molecular formula is C14H22FNO3. The van der Waals surface area contributed by atoms with E-state index in [1.807, 2.05) is 7.05 Å². The highest BCUT2D eigenvalue weighted by Crippen LogP contribution is 2.27. The van der Waals surface area contributed by atoms with Gasteiger partial charge in [-0.1, -0.05) is 0 Å². The predicted molar refractivity (Wildman–Crippen MR) is 72.1 cm³/mol. The predicted octanol–water partition coefficient (Wildman–Crippen LogP) is 2.15. The molecule has 0 fully saturated rings. The second-order valence-electron chi connectivity index (χ2n) is 4.12. The first kappa shape index (κ1) is 15.9. The summed E-state index contributed by atoms with van der Waals surface area (Å²) in [5.41, 5.74) is 0.806. The van der Waals surface area contributed by atoms with Crippen LogP contribution < -0.4 is 10.1 Å². The summed E-state index contributed by atoms with van der Waals surface area (Å²) in [6.07, 6.45) is 0.736. The molecule has 19 heavy (non-hydrogen) atoms. The van der Waals surface area contributed by atoms with E-state index in [1.165, 1.54) is 12.1 Å². The van der Waals surface area contributed by atoms with Crippen LogP contribution in [0, 0.1) is 5.82 Å². The van der Waals surface area contributed by atoms with Gasteiger partial charge in [0.15, 0.2) is 0 Å². The molecule has 108 valence electrons. The fraction of sp³-hybridized carbons (Fsp3) is 0.571. The van der Waals surface area contributed by atoms with Crippen LogP contribution in [0.2, 0.25) is 0 Å². The van der Waals surface area contributed by atoms with Gasteiger partial charge in [-0.15, -0.1) is 0 Å². The third-order valence-corrected chi connectivity index (χ3v) is 2.90. The molecule has 0 spiro atoms. The number of nitrogens with one attached hydrogen (secondary N) is 1. The van der Waals surface area contributed by atoms with Crippen molar-refractivity contribution in [3.05, 3.63) is 29.6 Å². The van der Waals surface area contributed by atoms with Gasteiger partial charge in [0.05, 0.1) is 20.3 Å². The first-order chi connectivity index (χ1) is 9.22. The van der Waals surface area contributed by atoms with Crippen LogP contribution in [0.1, 0.15) is 18.0 Å². The van der Waals surface area contributed by atoms with Crippen LogP contribution in [0.3, 0.4) is 0 Å². The second-order valence-corrected chi connectivity index (χ2v) is 4.12. The molecule has 1 atom stereocenters. The first-order valence-electron chi connectivity index (χ1n) is 6.30. The zero-order valence-corrected chi connectivity index (χ0v) is 11.7. The van der Waals surface area contributed by atoms with Gasteiger partial charge >= 0.3 is 0 Å². The monoisotopic (exact) mass is 271 g/mol. The molecule has 0 radical (unpaired) electrons. The van der Waals surface area contributed by atoms with Gasteiger partial charge in [0.2, 0.25) is 0 Å². The van der Waals surface area contributed by atoms with Crippen molar-refractivity contribution in [1.82, 2.24) is 5.32 Å². The summed E-state index contributed by atoms with van der Waals surface area (Å²) in [4.78, 5) is 0. The van der Waals surface area contributed by atoms with E-state index in [9.17, 15) is 4.39 Å². The summed E-state index contributed by atoms with van der Waals surface area (Å²) in [6, 6.07) is 4.52. The van der Waals surface area contributed by atoms with Gasteiger partial charge in [0.1, 0.15) is 11.6 Å². The van der Waals surface area contributed by atoms with Gasteiger partial charge in [-0.25, -0.2) is 4.39 Å². The topological polar surface area (TPSA) is 39.7 Å². The number of hydrogen-bond acceptors (Lipinski definition) is 4. The number of halogens is 1. The highest BCUT2D eigenvalue weighted by molar-refractivity contribution is 5.36. The first-order valence-corrected chi connectivity index (χ1v) is 6.30. The number of hydrogen-bond donors (Lipinski definition) is 1. The Bertz CT molecular complexity index is 374. The molecule has 0 saturated heterocycles. The van der Waals surface area contributed by atoms with Crippen molar-refractivity contribution in [3.63, 3.8) is 0 Å². The molecule has 1 unspecified atom stereocenters. The van der Waals surface area contributed by atoms with Crippen LogP contribution >= 0.6 is 0 Å². The second kappa shape index (κ2) is 8.85. The van der Waals surface area contributed by atoms with Gasteiger partial charge < -0.3 is 19.5 Å². The average Bonchev–Trinajstić information content (AvgIpc) is 2.43. The van der Waals surface area contributed by atoms with E-state index in [0.717, 1.165) is 12.0 Å². The Kier molecular flexibility index (Phi) is 7.40. The highest BCUT2D eigenvalue weighted by atomic mass is 19.1. The highest BCUT2D eigenvalue weighted by Gasteiger charge is 2.15. The molecule has 0 aliphatic heterocycles. The molecule has 0 saturated carbocycles. The molecule has 1 aromatic rings. The quantitative estimate of drug-likeness (QED) is 0.699. The van der Waals surface area contributed by atoms with Crippen molar-refractivity contribution >= 4 is 0 Å². The van der Waals surface area contributed by atoms with Crippen molar-refractivity contribution in [1.29, 1.82) is 0 Å². The lowest BCUT2D eigenvalue weighted by Gasteiger charge is -2.19.